The fraction of sp³-hybridized carbons (Fsp3) is 0.333. The van der Waals surface area contributed by atoms with Gasteiger partial charge in [0.05, 0.1) is 5.92 Å². The first-order valence-electron chi connectivity index (χ1n) is 7.42. The molecule has 1 heterocycles. The lowest BCUT2D eigenvalue weighted by molar-refractivity contribution is -0.119. The van der Waals surface area contributed by atoms with Crippen molar-refractivity contribution in [3.05, 3.63) is 58.4 Å². The minimum atomic E-state index is -0.590. The van der Waals surface area contributed by atoms with E-state index in [9.17, 15) is 14.4 Å². The SMILES string of the molecule is CC1(C)CC(=O)C2=C(C1)OC(N)=C(C#N)C2c1ccc(F)cc1. The summed E-state index contributed by atoms with van der Waals surface area (Å²) in [6.07, 6.45) is 0.955. The lowest BCUT2D eigenvalue weighted by Crippen LogP contribution is -2.33. The first-order valence-corrected chi connectivity index (χ1v) is 7.42. The van der Waals surface area contributed by atoms with E-state index in [0.717, 1.165) is 0 Å². The van der Waals surface area contributed by atoms with Crippen LogP contribution in [0.4, 0.5) is 4.39 Å². The van der Waals surface area contributed by atoms with Crippen LogP contribution < -0.4 is 5.73 Å². The van der Waals surface area contributed by atoms with E-state index in [0.29, 0.717) is 29.7 Å². The van der Waals surface area contributed by atoms with E-state index in [1.54, 1.807) is 12.1 Å². The van der Waals surface area contributed by atoms with Crippen LogP contribution in [0.15, 0.2) is 47.1 Å². The number of rotatable bonds is 1. The minimum absolute atomic E-state index is 0.0195. The van der Waals surface area contributed by atoms with Crippen molar-refractivity contribution >= 4 is 5.78 Å². The Bertz CT molecular complexity index is 782. The Hall–Kier alpha value is -2.61. The van der Waals surface area contributed by atoms with Crippen molar-refractivity contribution in [1.29, 1.82) is 5.26 Å². The number of nitrogens with zero attached hydrogens (tertiary/aromatic N) is 1. The van der Waals surface area contributed by atoms with Crippen LogP contribution in [0.1, 0.15) is 38.2 Å². The van der Waals surface area contributed by atoms with E-state index in [1.165, 1.54) is 12.1 Å². The molecule has 0 saturated carbocycles. The molecular weight excluding hydrogens is 295 g/mol. The molecule has 1 unspecified atom stereocenters. The van der Waals surface area contributed by atoms with E-state index in [1.807, 2.05) is 19.9 Å². The van der Waals surface area contributed by atoms with Crippen LogP contribution >= 0.6 is 0 Å². The molecule has 1 aromatic rings. The third kappa shape index (κ3) is 2.61. The Morgan fingerprint density at radius 1 is 1.30 bits per heavy atom. The van der Waals surface area contributed by atoms with E-state index < -0.39 is 5.92 Å². The lowest BCUT2D eigenvalue weighted by Gasteiger charge is -2.37. The number of ketones is 1. The molecule has 1 aliphatic heterocycles. The Morgan fingerprint density at radius 2 is 1.96 bits per heavy atom. The molecule has 0 radical (unpaired) electrons. The summed E-state index contributed by atoms with van der Waals surface area (Å²) in [5.41, 5.74) is 7.02. The highest BCUT2D eigenvalue weighted by molar-refractivity contribution is 6.00. The standard InChI is InChI=1S/C18H17FN2O2/c1-18(2)7-13(22)16-14(8-18)23-17(21)12(9-20)15(16)10-3-5-11(19)6-4-10/h3-6,15H,7-8,21H2,1-2H3. The summed E-state index contributed by atoms with van der Waals surface area (Å²) < 4.78 is 18.8. The highest BCUT2D eigenvalue weighted by atomic mass is 19.1. The van der Waals surface area contributed by atoms with Crippen LogP contribution in [0.3, 0.4) is 0 Å². The molecule has 118 valence electrons. The molecule has 0 spiro atoms. The Kier molecular flexibility index (Phi) is 3.48. The second-order valence-electron chi connectivity index (χ2n) is 6.75. The molecule has 2 aliphatic rings. The number of nitrogens with two attached hydrogens (primary N) is 1. The number of carbonyl (C=O) groups excluding carboxylic acids is 1. The molecule has 2 N–H and O–H groups in total. The van der Waals surface area contributed by atoms with Gasteiger partial charge in [0.25, 0.3) is 0 Å². The van der Waals surface area contributed by atoms with Gasteiger partial charge in [0.2, 0.25) is 5.88 Å². The van der Waals surface area contributed by atoms with Crippen molar-refractivity contribution in [3.63, 3.8) is 0 Å². The van der Waals surface area contributed by atoms with Gasteiger partial charge in [-0.2, -0.15) is 5.26 Å². The maximum Gasteiger partial charge on any atom is 0.205 e. The van der Waals surface area contributed by atoms with Crippen molar-refractivity contribution in [2.24, 2.45) is 11.1 Å². The van der Waals surface area contributed by atoms with E-state index in [-0.39, 0.29) is 28.5 Å². The molecule has 0 bridgehead atoms. The van der Waals surface area contributed by atoms with Gasteiger partial charge in [-0.05, 0) is 23.1 Å². The van der Waals surface area contributed by atoms with Crippen molar-refractivity contribution in [2.45, 2.75) is 32.6 Å². The van der Waals surface area contributed by atoms with E-state index in [4.69, 9.17) is 10.5 Å². The van der Waals surface area contributed by atoms with Gasteiger partial charge in [-0.1, -0.05) is 26.0 Å². The van der Waals surface area contributed by atoms with Gasteiger partial charge in [-0.25, -0.2) is 4.39 Å². The molecule has 0 saturated heterocycles. The number of carbonyl (C=O) groups is 1. The summed E-state index contributed by atoms with van der Waals surface area (Å²) in [6.45, 7) is 3.98. The smallest absolute Gasteiger partial charge is 0.205 e. The molecule has 5 heteroatoms. The normalized spacial score (nSPS) is 23.2. The number of Topliss-reactive ketones (excluding diaryl/α,β-unsaturated/α-hetero) is 1. The summed E-state index contributed by atoms with van der Waals surface area (Å²) in [5, 5.41) is 9.45. The number of nitriles is 1. The van der Waals surface area contributed by atoms with Crippen molar-refractivity contribution in [3.8, 4) is 6.07 Å². The number of hydrogen-bond acceptors (Lipinski definition) is 4. The predicted octanol–water partition coefficient (Wildman–Crippen LogP) is 3.28. The predicted molar refractivity (Wildman–Crippen MR) is 82.1 cm³/mol. The lowest BCUT2D eigenvalue weighted by atomic mass is 9.70. The average Bonchev–Trinajstić information content (AvgIpc) is 2.45. The summed E-state index contributed by atoms with van der Waals surface area (Å²) in [5.74, 6) is -0.469. The van der Waals surface area contributed by atoms with Gasteiger partial charge < -0.3 is 10.5 Å². The second-order valence-corrected chi connectivity index (χ2v) is 6.75. The molecular formula is C18H17FN2O2. The number of halogens is 1. The van der Waals surface area contributed by atoms with Crippen molar-refractivity contribution < 1.29 is 13.9 Å². The third-order valence-electron chi connectivity index (χ3n) is 4.28. The Balaban J connectivity index is 2.17. The van der Waals surface area contributed by atoms with Gasteiger partial charge in [0.15, 0.2) is 5.78 Å². The van der Waals surface area contributed by atoms with Gasteiger partial charge in [0, 0.05) is 18.4 Å². The van der Waals surface area contributed by atoms with Gasteiger partial charge in [-0.3, -0.25) is 4.79 Å². The molecule has 0 aromatic heterocycles. The molecule has 1 aliphatic carbocycles. The molecule has 3 rings (SSSR count). The third-order valence-corrected chi connectivity index (χ3v) is 4.28. The summed E-state index contributed by atoms with van der Waals surface area (Å²) in [7, 11) is 0. The summed E-state index contributed by atoms with van der Waals surface area (Å²) >= 11 is 0. The van der Waals surface area contributed by atoms with Crippen LogP contribution in [0.25, 0.3) is 0 Å². The first kappa shape index (κ1) is 15.3. The topological polar surface area (TPSA) is 76.1 Å². The fourth-order valence-electron chi connectivity index (χ4n) is 3.27. The molecule has 23 heavy (non-hydrogen) atoms. The van der Waals surface area contributed by atoms with Crippen LogP contribution in [0.2, 0.25) is 0 Å². The van der Waals surface area contributed by atoms with Crippen LogP contribution in [-0.4, -0.2) is 5.78 Å². The molecule has 1 aromatic carbocycles. The van der Waals surface area contributed by atoms with Crippen molar-refractivity contribution in [2.75, 3.05) is 0 Å². The zero-order valence-electron chi connectivity index (χ0n) is 13.0. The minimum Gasteiger partial charge on any atom is -0.444 e. The highest BCUT2D eigenvalue weighted by Crippen LogP contribution is 2.47. The Labute approximate surface area is 134 Å². The second kappa shape index (κ2) is 5.24. The maximum atomic E-state index is 13.2. The van der Waals surface area contributed by atoms with Crippen LogP contribution in [0.5, 0.6) is 0 Å². The van der Waals surface area contributed by atoms with Crippen LogP contribution in [0, 0.1) is 22.6 Å². The van der Waals surface area contributed by atoms with E-state index in [2.05, 4.69) is 0 Å². The van der Waals surface area contributed by atoms with Gasteiger partial charge >= 0.3 is 0 Å². The van der Waals surface area contributed by atoms with E-state index >= 15 is 0 Å². The molecule has 1 atom stereocenters. The summed E-state index contributed by atoms with van der Waals surface area (Å²) in [4.78, 5) is 12.7. The van der Waals surface area contributed by atoms with Crippen LogP contribution in [-0.2, 0) is 9.53 Å². The zero-order valence-corrected chi connectivity index (χ0v) is 13.0. The number of allylic oxidation sites excluding steroid dienone is 3. The van der Waals surface area contributed by atoms with Gasteiger partial charge in [0.1, 0.15) is 23.2 Å². The van der Waals surface area contributed by atoms with Crippen molar-refractivity contribution in [1.82, 2.24) is 0 Å². The molecule has 0 fully saturated rings. The summed E-state index contributed by atoms with van der Waals surface area (Å²) in [6, 6.07) is 7.82. The monoisotopic (exact) mass is 312 g/mol. The quantitative estimate of drug-likeness (QED) is 0.863. The first-order chi connectivity index (χ1) is 10.8. The zero-order chi connectivity index (χ0) is 16.8. The molecule has 4 nitrogen and oxygen atoms in total. The number of benzene rings is 1. The number of ether oxygens (including phenoxy) is 1. The highest BCUT2D eigenvalue weighted by Gasteiger charge is 2.42. The Morgan fingerprint density at radius 3 is 2.57 bits per heavy atom. The molecule has 0 amide bonds. The van der Waals surface area contributed by atoms with Gasteiger partial charge in [-0.15, -0.1) is 0 Å². The average molecular weight is 312 g/mol. The maximum absolute atomic E-state index is 13.2. The fourth-order valence-corrected chi connectivity index (χ4v) is 3.27. The number of hydrogen-bond donors (Lipinski definition) is 1. The largest absolute Gasteiger partial charge is 0.444 e.